The number of benzene rings is 2. The molecule has 0 atom stereocenters. The van der Waals surface area contributed by atoms with Gasteiger partial charge in [0.05, 0.1) is 17.1 Å². The first kappa shape index (κ1) is 21.3. The van der Waals surface area contributed by atoms with E-state index in [0.29, 0.717) is 0 Å². The van der Waals surface area contributed by atoms with Crippen LogP contribution in [0.3, 0.4) is 0 Å². The fourth-order valence-electron chi connectivity index (χ4n) is 2.51. The SMILES string of the molecule is CCCCCCC(/C=N/c1ccccc1)=N\c1ccc(C)c(C)c1.[Ni]. The van der Waals surface area contributed by atoms with Gasteiger partial charge < -0.3 is 0 Å². The maximum Gasteiger partial charge on any atom is 0.0636 e. The molecule has 0 aliphatic heterocycles. The maximum absolute atomic E-state index is 4.84. The molecule has 2 rings (SSSR count). The Labute approximate surface area is 162 Å². The van der Waals surface area contributed by atoms with Crippen molar-refractivity contribution in [1.29, 1.82) is 0 Å². The molecule has 0 aliphatic rings. The molecule has 2 aromatic carbocycles. The normalized spacial score (nSPS) is 11.6. The molecule has 0 N–H and O–H groups in total. The van der Waals surface area contributed by atoms with Gasteiger partial charge in [0.2, 0.25) is 0 Å². The van der Waals surface area contributed by atoms with Crippen molar-refractivity contribution in [2.75, 3.05) is 0 Å². The van der Waals surface area contributed by atoms with Gasteiger partial charge in [-0.15, -0.1) is 0 Å². The number of rotatable bonds is 8. The van der Waals surface area contributed by atoms with E-state index in [1.165, 1.54) is 36.8 Å². The predicted octanol–water partition coefficient (Wildman–Crippen LogP) is 6.75. The molecule has 0 saturated heterocycles. The minimum atomic E-state index is 0. The van der Waals surface area contributed by atoms with E-state index in [9.17, 15) is 0 Å². The molecule has 136 valence electrons. The first-order chi connectivity index (χ1) is 11.7. The van der Waals surface area contributed by atoms with Crippen LogP contribution in [0.2, 0.25) is 0 Å². The van der Waals surface area contributed by atoms with Crippen LogP contribution in [0.5, 0.6) is 0 Å². The largest absolute Gasteiger partial charge is 0.255 e. The van der Waals surface area contributed by atoms with Gasteiger partial charge in [0, 0.05) is 22.7 Å². The van der Waals surface area contributed by atoms with Gasteiger partial charge in [0.1, 0.15) is 0 Å². The zero-order valence-electron chi connectivity index (χ0n) is 15.4. The maximum atomic E-state index is 4.84. The molecule has 25 heavy (non-hydrogen) atoms. The van der Waals surface area contributed by atoms with Crippen LogP contribution in [0.15, 0.2) is 58.5 Å². The van der Waals surface area contributed by atoms with E-state index in [1.807, 2.05) is 36.5 Å². The average molecular weight is 379 g/mol. The molecular formula is C22H28N2Ni. The molecule has 0 aliphatic carbocycles. The molecular weight excluding hydrogens is 351 g/mol. The third-order valence-corrected chi connectivity index (χ3v) is 4.17. The van der Waals surface area contributed by atoms with Crippen LogP contribution >= 0.6 is 0 Å². The van der Waals surface area contributed by atoms with Crippen LogP contribution in [0.4, 0.5) is 11.4 Å². The zero-order chi connectivity index (χ0) is 17.2. The molecule has 0 amide bonds. The second kappa shape index (κ2) is 11.8. The van der Waals surface area contributed by atoms with Crippen LogP contribution in [0.25, 0.3) is 0 Å². The Balaban J connectivity index is 0.00000312. The van der Waals surface area contributed by atoms with E-state index in [4.69, 9.17) is 4.99 Å². The second-order valence-electron chi connectivity index (χ2n) is 6.28. The van der Waals surface area contributed by atoms with Crippen molar-refractivity contribution in [1.82, 2.24) is 0 Å². The summed E-state index contributed by atoms with van der Waals surface area (Å²) in [5.74, 6) is 0. The quantitative estimate of drug-likeness (QED) is 0.276. The number of para-hydroxylation sites is 1. The van der Waals surface area contributed by atoms with Crippen molar-refractivity contribution in [2.24, 2.45) is 9.98 Å². The van der Waals surface area contributed by atoms with E-state index in [1.54, 1.807) is 0 Å². The molecule has 0 saturated carbocycles. The topological polar surface area (TPSA) is 24.7 Å². The predicted molar refractivity (Wildman–Crippen MR) is 106 cm³/mol. The molecule has 0 aromatic heterocycles. The molecule has 3 heteroatoms. The van der Waals surface area contributed by atoms with E-state index >= 15 is 0 Å². The Morgan fingerprint density at radius 2 is 1.64 bits per heavy atom. The molecule has 0 radical (unpaired) electrons. The Bertz CT molecular complexity index is 690. The van der Waals surface area contributed by atoms with Crippen molar-refractivity contribution < 1.29 is 16.5 Å². The number of aryl methyl sites for hydroxylation is 2. The Morgan fingerprint density at radius 1 is 0.880 bits per heavy atom. The van der Waals surface area contributed by atoms with Crippen molar-refractivity contribution in [3.8, 4) is 0 Å². The number of hydrogen-bond donors (Lipinski definition) is 0. The van der Waals surface area contributed by atoms with Crippen molar-refractivity contribution in [3.05, 3.63) is 59.7 Å². The summed E-state index contributed by atoms with van der Waals surface area (Å²) in [4.78, 5) is 9.43. The van der Waals surface area contributed by atoms with Crippen molar-refractivity contribution >= 4 is 23.3 Å². The Kier molecular flexibility index (Phi) is 10.0. The molecule has 0 fully saturated rings. The third-order valence-electron chi connectivity index (χ3n) is 4.17. The van der Waals surface area contributed by atoms with Crippen LogP contribution in [0, 0.1) is 13.8 Å². The molecule has 2 nitrogen and oxygen atoms in total. The smallest absolute Gasteiger partial charge is 0.0636 e. The summed E-state index contributed by atoms with van der Waals surface area (Å²) < 4.78 is 0. The van der Waals surface area contributed by atoms with Gasteiger partial charge in [-0.25, -0.2) is 0 Å². The van der Waals surface area contributed by atoms with Crippen LogP contribution in [-0.4, -0.2) is 11.9 Å². The molecule has 0 bridgehead atoms. The summed E-state index contributed by atoms with van der Waals surface area (Å²) in [6.07, 6.45) is 7.86. The van der Waals surface area contributed by atoms with Crippen LogP contribution in [-0.2, 0) is 16.5 Å². The minimum Gasteiger partial charge on any atom is -0.255 e. The third kappa shape index (κ3) is 7.79. The molecule has 0 spiro atoms. The summed E-state index contributed by atoms with van der Waals surface area (Å²) >= 11 is 0. The van der Waals surface area contributed by atoms with Crippen molar-refractivity contribution in [3.63, 3.8) is 0 Å². The second-order valence-corrected chi connectivity index (χ2v) is 6.28. The van der Waals surface area contributed by atoms with Crippen molar-refractivity contribution in [2.45, 2.75) is 52.9 Å². The first-order valence-electron chi connectivity index (χ1n) is 8.93. The molecule has 2 aromatic rings. The van der Waals surface area contributed by atoms with Gasteiger partial charge in [-0.2, -0.15) is 0 Å². The zero-order valence-corrected chi connectivity index (χ0v) is 16.4. The average Bonchev–Trinajstić information content (AvgIpc) is 2.60. The Morgan fingerprint density at radius 3 is 2.32 bits per heavy atom. The van der Waals surface area contributed by atoms with Gasteiger partial charge in [-0.1, -0.05) is 50.5 Å². The van der Waals surface area contributed by atoms with E-state index in [2.05, 4.69) is 44.0 Å². The minimum absolute atomic E-state index is 0. The van der Waals surface area contributed by atoms with Gasteiger partial charge in [0.25, 0.3) is 0 Å². The fourth-order valence-corrected chi connectivity index (χ4v) is 2.51. The Hall–Kier alpha value is -1.73. The van der Waals surface area contributed by atoms with Crippen LogP contribution in [0.1, 0.15) is 50.2 Å². The van der Waals surface area contributed by atoms with Gasteiger partial charge in [0.15, 0.2) is 0 Å². The summed E-state index contributed by atoms with van der Waals surface area (Å²) in [7, 11) is 0. The van der Waals surface area contributed by atoms with Gasteiger partial charge >= 0.3 is 0 Å². The van der Waals surface area contributed by atoms with Gasteiger partial charge in [-0.3, -0.25) is 9.98 Å². The number of aliphatic imine (C=N–C) groups is 2. The summed E-state index contributed by atoms with van der Waals surface area (Å²) in [5.41, 5.74) is 5.62. The molecule has 0 unspecified atom stereocenters. The molecule has 0 heterocycles. The first-order valence-corrected chi connectivity index (χ1v) is 8.93. The summed E-state index contributed by atoms with van der Waals surface area (Å²) in [6, 6.07) is 16.4. The summed E-state index contributed by atoms with van der Waals surface area (Å²) in [5, 5.41) is 0. The monoisotopic (exact) mass is 378 g/mol. The number of unbranched alkanes of at least 4 members (excludes halogenated alkanes) is 3. The number of hydrogen-bond acceptors (Lipinski definition) is 2. The van der Waals surface area contributed by atoms with E-state index in [0.717, 1.165) is 23.5 Å². The fraction of sp³-hybridized carbons (Fsp3) is 0.364. The number of nitrogens with zero attached hydrogens (tertiary/aromatic N) is 2. The van der Waals surface area contributed by atoms with Crippen LogP contribution < -0.4 is 0 Å². The van der Waals surface area contributed by atoms with E-state index in [-0.39, 0.29) is 16.5 Å². The standard InChI is InChI=1S/C22H28N2.Ni/c1-4-5-6-8-13-22(17-23-20-11-9-7-10-12-20)24-21-15-14-18(2)19(3)16-21;/h7,9-12,14-17H,4-6,8,13H2,1-3H3;/b23-17+,24-22+;. The van der Waals surface area contributed by atoms with E-state index < -0.39 is 0 Å². The van der Waals surface area contributed by atoms with Gasteiger partial charge in [-0.05, 0) is 62.1 Å². The summed E-state index contributed by atoms with van der Waals surface area (Å²) in [6.45, 7) is 6.50.